The van der Waals surface area contributed by atoms with Gasteiger partial charge in [-0.3, -0.25) is 4.90 Å². The van der Waals surface area contributed by atoms with E-state index in [0.29, 0.717) is 13.1 Å². The van der Waals surface area contributed by atoms with Crippen molar-refractivity contribution < 1.29 is 9.13 Å². The molecule has 4 heteroatoms. The summed E-state index contributed by atoms with van der Waals surface area (Å²) in [5.74, 6) is -0.0938. The van der Waals surface area contributed by atoms with Crippen LogP contribution >= 0.6 is 0 Å². The van der Waals surface area contributed by atoms with Crippen LogP contribution in [0.4, 0.5) is 4.39 Å². The molecule has 2 N–H and O–H groups in total. The highest BCUT2D eigenvalue weighted by Crippen LogP contribution is 2.47. The number of morpholine rings is 1. The summed E-state index contributed by atoms with van der Waals surface area (Å²) < 4.78 is 19.5. The summed E-state index contributed by atoms with van der Waals surface area (Å²) in [5.41, 5.74) is 7.71. The minimum Gasteiger partial charge on any atom is -0.379 e. The van der Waals surface area contributed by atoms with E-state index in [-0.39, 0.29) is 11.2 Å². The Morgan fingerprint density at radius 3 is 2.58 bits per heavy atom. The molecule has 2 fully saturated rings. The molecule has 3 rings (SSSR count). The molecule has 1 saturated heterocycles. The van der Waals surface area contributed by atoms with Gasteiger partial charge in [0.1, 0.15) is 5.82 Å². The molecule has 0 unspecified atom stereocenters. The van der Waals surface area contributed by atoms with Crippen LogP contribution in [-0.4, -0.2) is 37.7 Å². The normalized spacial score (nSPS) is 22.4. The predicted molar refractivity (Wildman–Crippen MR) is 72.5 cm³/mol. The average Bonchev–Trinajstić information content (AvgIpc) is 3.23. The van der Waals surface area contributed by atoms with E-state index in [1.807, 2.05) is 6.07 Å². The van der Waals surface area contributed by atoms with Gasteiger partial charge in [0.05, 0.1) is 13.2 Å². The third kappa shape index (κ3) is 2.66. The van der Waals surface area contributed by atoms with Crippen LogP contribution in [0, 0.1) is 5.82 Å². The van der Waals surface area contributed by atoms with Crippen molar-refractivity contribution in [2.75, 3.05) is 32.8 Å². The molecular weight excluding hydrogens is 243 g/mol. The lowest BCUT2D eigenvalue weighted by Crippen LogP contribution is -2.35. The highest BCUT2D eigenvalue weighted by atomic mass is 19.1. The Morgan fingerprint density at radius 2 is 2.00 bits per heavy atom. The molecule has 1 heterocycles. The van der Waals surface area contributed by atoms with Gasteiger partial charge in [0.15, 0.2) is 0 Å². The van der Waals surface area contributed by atoms with Crippen molar-refractivity contribution in [3.63, 3.8) is 0 Å². The zero-order valence-corrected chi connectivity index (χ0v) is 11.2. The van der Waals surface area contributed by atoms with Crippen molar-refractivity contribution in [3.05, 3.63) is 35.1 Å². The topological polar surface area (TPSA) is 38.5 Å². The number of rotatable bonds is 4. The fraction of sp³-hybridized carbons (Fsp3) is 0.600. The summed E-state index contributed by atoms with van der Waals surface area (Å²) in [7, 11) is 0. The van der Waals surface area contributed by atoms with Crippen LogP contribution in [0.2, 0.25) is 0 Å². The summed E-state index contributed by atoms with van der Waals surface area (Å²) in [6, 6.07) is 5.67. The Balaban J connectivity index is 1.72. The van der Waals surface area contributed by atoms with Gasteiger partial charge in [0.2, 0.25) is 0 Å². The van der Waals surface area contributed by atoms with Gasteiger partial charge >= 0.3 is 0 Å². The summed E-state index contributed by atoms with van der Waals surface area (Å²) in [6.45, 7) is 4.55. The van der Waals surface area contributed by atoms with Crippen molar-refractivity contribution in [3.8, 4) is 0 Å². The molecule has 2 aliphatic rings. The van der Waals surface area contributed by atoms with Crippen LogP contribution in [0.25, 0.3) is 0 Å². The molecule has 1 aliphatic carbocycles. The molecule has 0 amide bonds. The maximum atomic E-state index is 14.2. The number of nitrogens with two attached hydrogens (primary N) is 1. The van der Waals surface area contributed by atoms with Gasteiger partial charge < -0.3 is 10.5 Å². The third-order valence-electron chi connectivity index (χ3n) is 4.41. The minimum atomic E-state index is -0.0938. The van der Waals surface area contributed by atoms with E-state index in [4.69, 9.17) is 10.5 Å². The molecule has 0 aromatic heterocycles. The quantitative estimate of drug-likeness (QED) is 0.898. The molecule has 0 atom stereocenters. The highest BCUT2D eigenvalue weighted by molar-refractivity contribution is 5.35. The Hall–Kier alpha value is -0.970. The Morgan fingerprint density at radius 1 is 1.26 bits per heavy atom. The first-order valence-corrected chi connectivity index (χ1v) is 7.03. The Labute approximate surface area is 113 Å². The Bertz CT molecular complexity index is 453. The second-order valence-electron chi connectivity index (χ2n) is 5.68. The molecule has 3 nitrogen and oxygen atoms in total. The van der Waals surface area contributed by atoms with Crippen molar-refractivity contribution in [2.24, 2.45) is 5.73 Å². The van der Waals surface area contributed by atoms with Crippen molar-refractivity contribution in [1.29, 1.82) is 0 Å². The van der Waals surface area contributed by atoms with Crippen LogP contribution in [0.5, 0.6) is 0 Å². The van der Waals surface area contributed by atoms with Crippen LogP contribution in [0.1, 0.15) is 24.0 Å². The van der Waals surface area contributed by atoms with Gasteiger partial charge in [-0.05, 0) is 24.5 Å². The van der Waals surface area contributed by atoms with E-state index in [1.165, 1.54) is 0 Å². The zero-order valence-electron chi connectivity index (χ0n) is 11.2. The molecule has 1 aromatic rings. The fourth-order valence-electron chi connectivity index (χ4n) is 2.77. The number of halogens is 1. The summed E-state index contributed by atoms with van der Waals surface area (Å²) >= 11 is 0. The van der Waals surface area contributed by atoms with Crippen LogP contribution < -0.4 is 5.73 Å². The molecular formula is C15H21FN2O. The van der Waals surface area contributed by atoms with Crippen LogP contribution in [0.3, 0.4) is 0 Å². The Kier molecular flexibility index (Phi) is 3.56. The van der Waals surface area contributed by atoms with Crippen LogP contribution in [-0.2, 0) is 16.7 Å². The van der Waals surface area contributed by atoms with Crippen molar-refractivity contribution in [1.82, 2.24) is 4.90 Å². The number of nitrogens with zero attached hydrogens (tertiary/aromatic N) is 1. The number of hydrogen-bond acceptors (Lipinski definition) is 3. The van der Waals surface area contributed by atoms with Gasteiger partial charge in [-0.15, -0.1) is 0 Å². The largest absolute Gasteiger partial charge is 0.379 e. The molecule has 0 spiro atoms. The van der Waals surface area contributed by atoms with Crippen molar-refractivity contribution >= 4 is 0 Å². The lowest BCUT2D eigenvalue weighted by molar-refractivity contribution is 0.0337. The third-order valence-corrected chi connectivity index (χ3v) is 4.41. The smallest absolute Gasteiger partial charge is 0.127 e. The van der Waals surface area contributed by atoms with Gasteiger partial charge in [0, 0.05) is 37.2 Å². The van der Waals surface area contributed by atoms with Crippen LogP contribution in [0.15, 0.2) is 18.2 Å². The fourth-order valence-corrected chi connectivity index (χ4v) is 2.77. The molecule has 1 aromatic carbocycles. The minimum absolute atomic E-state index is 0.0678. The molecule has 1 aliphatic heterocycles. The molecule has 1 saturated carbocycles. The summed E-state index contributed by atoms with van der Waals surface area (Å²) in [6.07, 6.45) is 2.18. The van der Waals surface area contributed by atoms with Crippen molar-refractivity contribution in [2.45, 2.75) is 24.8 Å². The molecule has 0 radical (unpaired) electrons. The van der Waals surface area contributed by atoms with E-state index in [1.54, 1.807) is 6.07 Å². The van der Waals surface area contributed by atoms with Gasteiger partial charge in [-0.2, -0.15) is 0 Å². The molecule has 0 bridgehead atoms. The maximum Gasteiger partial charge on any atom is 0.127 e. The lowest BCUT2D eigenvalue weighted by Gasteiger charge is -2.27. The second kappa shape index (κ2) is 5.19. The number of hydrogen-bond donors (Lipinski definition) is 1. The zero-order chi connectivity index (χ0) is 13.3. The van der Waals surface area contributed by atoms with E-state index in [2.05, 4.69) is 11.0 Å². The summed E-state index contributed by atoms with van der Waals surface area (Å²) in [5, 5.41) is 0. The van der Waals surface area contributed by atoms with Gasteiger partial charge in [-0.1, -0.05) is 12.1 Å². The monoisotopic (exact) mass is 264 g/mol. The second-order valence-corrected chi connectivity index (χ2v) is 5.68. The SMILES string of the molecule is NCC1(c2ccc(CN3CCOCC3)c(F)c2)CC1. The number of benzene rings is 1. The van der Waals surface area contributed by atoms with E-state index < -0.39 is 0 Å². The molecule has 104 valence electrons. The van der Waals surface area contributed by atoms with E-state index in [0.717, 1.165) is 50.3 Å². The molecule has 19 heavy (non-hydrogen) atoms. The first-order valence-electron chi connectivity index (χ1n) is 7.03. The maximum absolute atomic E-state index is 14.2. The predicted octanol–water partition coefficient (Wildman–Crippen LogP) is 1.65. The van der Waals surface area contributed by atoms with E-state index >= 15 is 0 Å². The van der Waals surface area contributed by atoms with E-state index in [9.17, 15) is 4.39 Å². The standard InChI is InChI=1S/C15H21FN2O/c16-14-9-13(15(11-17)3-4-15)2-1-12(14)10-18-5-7-19-8-6-18/h1-2,9H,3-8,10-11,17H2. The summed E-state index contributed by atoms with van der Waals surface area (Å²) in [4.78, 5) is 2.23. The highest BCUT2D eigenvalue weighted by Gasteiger charge is 2.43. The average molecular weight is 264 g/mol. The van der Waals surface area contributed by atoms with Gasteiger partial charge in [-0.25, -0.2) is 4.39 Å². The lowest BCUT2D eigenvalue weighted by atomic mass is 9.95. The number of ether oxygens (including phenoxy) is 1. The first kappa shape index (κ1) is 13.0. The first-order chi connectivity index (χ1) is 9.23. The van der Waals surface area contributed by atoms with Gasteiger partial charge in [0.25, 0.3) is 0 Å².